The van der Waals surface area contributed by atoms with Gasteiger partial charge in [-0.1, -0.05) is 48.6 Å². The first-order valence-corrected chi connectivity index (χ1v) is 4.65. The number of allylic oxidation sites excluding steroid dienone is 8. The van der Waals surface area contributed by atoms with Gasteiger partial charge in [0.2, 0.25) is 0 Å². The Kier molecular flexibility index (Phi) is 5.02. The maximum atomic E-state index is 2.23. The van der Waals surface area contributed by atoms with E-state index in [1.165, 1.54) is 25.7 Å². The van der Waals surface area contributed by atoms with Crippen LogP contribution in [0.15, 0.2) is 48.6 Å². The Bertz CT molecular complexity index is 180. The molecule has 0 fully saturated rings. The summed E-state index contributed by atoms with van der Waals surface area (Å²) in [4.78, 5) is 0. The summed E-state index contributed by atoms with van der Waals surface area (Å²) in [5.41, 5.74) is 0. The normalized spacial score (nSPS) is 29.3. The summed E-state index contributed by atoms with van der Waals surface area (Å²) < 4.78 is 0. The maximum Gasteiger partial charge on any atom is -0.0347 e. The fraction of sp³-hybridized carbons (Fsp3) is 0.333. The molecule has 0 aliphatic heterocycles. The highest BCUT2D eigenvalue weighted by atomic mass is 13.9. The lowest BCUT2D eigenvalue weighted by Gasteiger charge is -1.92. The molecule has 12 heavy (non-hydrogen) atoms. The quantitative estimate of drug-likeness (QED) is 0.506. The van der Waals surface area contributed by atoms with Crippen molar-refractivity contribution in [1.29, 1.82) is 0 Å². The fourth-order valence-corrected chi connectivity index (χ4v) is 1.13. The van der Waals surface area contributed by atoms with Gasteiger partial charge in [-0.05, 0) is 25.7 Å². The summed E-state index contributed by atoms with van der Waals surface area (Å²) in [6.45, 7) is 0. The SMILES string of the molecule is C1=C\C=C/CCCC/C=C\C=C/1. The van der Waals surface area contributed by atoms with Crippen LogP contribution in [-0.4, -0.2) is 0 Å². The van der Waals surface area contributed by atoms with E-state index in [1.807, 2.05) is 0 Å². The van der Waals surface area contributed by atoms with Crippen LogP contribution in [0.5, 0.6) is 0 Å². The molecule has 0 saturated carbocycles. The van der Waals surface area contributed by atoms with Crippen LogP contribution in [0.2, 0.25) is 0 Å². The molecule has 0 saturated heterocycles. The topological polar surface area (TPSA) is 0 Å². The summed E-state index contributed by atoms with van der Waals surface area (Å²) >= 11 is 0. The summed E-state index contributed by atoms with van der Waals surface area (Å²) in [7, 11) is 0. The molecule has 0 unspecified atom stereocenters. The molecule has 0 heterocycles. The van der Waals surface area contributed by atoms with Crippen molar-refractivity contribution in [3.8, 4) is 0 Å². The van der Waals surface area contributed by atoms with Crippen LogP contribution in [0.4, 0.5) is 0 Å². The van der Waals surface area contributed by atoms with E-state index >= 15 is 0 Å². The van der Waals surface area contributed by atoms with E-state index in [1.54, 1.807) is 0 Å². The minimum Gasteiger partial charge on any atom is -0.0845 e. The lowest BCUT2D eigenvalue weighted by Crippen LogP contribution is -1.72. The smallest absolute Gasteiger partial charge is 0.0347 e. The maximum absolute atomic E-state index is 2.23. The Balaban J connectivity index is 2.43. The van der Waals surface area contributed by atoms with Gasteiger partial charge in [-0.2, -0.15) is 0 Å². The minimum absolute atomic E-state index is 1.21. The van der Waals surface area contributed by atoms with E-state index in [0.717, 1.165) is 0 Å². The zero-order valence-corrected chi connectivity index (χ0v) is 7.45. The van der Waals surface area contributed by atoms with Gasteiger partial charge in [0.25, 0.3) is 0 Å². The van der Waals surface area contributed by atoms with Gasteiger partial charge < -0.3 is 0 Å². The Morgan fingerprint density at radius 1 is 0.500 bits per heavy atom. The van der Waals surface area contributed by atoms with Crippen molar-refractivity contribution in [1.82, 2.24) is 0 Å². The van der Waals surface area contributed by atoms with E-state index < -0.39 is 0 Å². The average Bonchev–Trinajstić information content (AvgIpc) is 2.05. The average molecular weight is 160 g/mol. The third-order valence-corrected chi connectivity index (χ3v) is 1.82. The number of hydrogen-bond acceptors (Lipinski definition) is 0. The summed E-state index contributed by atoms with van der Waals surface area (Å²) in [5.74, 6) is 0. The Morgan fingerprint density at radius 2 is 0.917 bits per heavy atom. The van der Waals surface area contributed by atoms with Gasteiger partial charge in [-0.25, -0.2) is 0 Å². The van der Waals surface area contributed by atoms with Gasteiger partial charge in [0, 0.05) is 0 Å². The van der Waals surface area contributed by atoms with Gasteiger partial charge in [0.05, 0.1) is 0 Å². The third-order valence-electron chi connectivity index (χ3n) is 1.82. The van der Waals surface area contributed by atoms with Crippen LogP contribution in [0.3, 0.4) is 0 Å². The molecule has 0 bridgehead atoms. The zero-order valence-electron chi connectivity index (χ0n) is 7.45. The van der Waals surface area contributed by atoms with Crippen molar-refractivity contribution in [3.05, 3.63) is 48.6 Å². The molecule has 1 rings (SSSR count). The van der Waals surface area contributed by atoms with Crippen LogP contribution >= 0.6 is 0 Å². The molecule has 0 N–H and O–H groups in total. The van der Waals surface area contributed by atoms with Gasteiger partial charge in [-0.15, -0.1) is 0 Å². The minimum atomic E-state index is 1.21. The highest BCUT2D eigenvalue weighted by Gasteiger charge is 1.82. The Hall–Kier alpha value is -1.04. The molecule has 0 spiro atoms. The molecule has 0 atom stereocenters. The van der Waals surface area contributed by atoms with Crippen molar-refractivity contribution in [2.24, 2.45) is 0 Å². The predicted molar refractivity (Wildman–Crippen MR) is 55.0 cm³/mol. The molecule has 0 radical (unpaired) electrons. The Labute approximate surface area is 75.0 Å². The molecule has 0 aromatic carbocycles. The molecular weight excluding hydrogens is 144 g/mol. The highest BCUT2D eigenvalue weighted by Crippen LogP contribution is 2.02. The fourth-order valence-electron chi connectivity index (χ4n) is 1.13. The standard InChI is InChI=1S/C12H16/c1-2-4-6-8-10-12-11-9-7-5-3-1/h1-8H,9-12H2/b3-1-,4-2-,7-5-,8-6-. The molecule has 0 amide bonds. The van der Waals surface area contributed by atoms with Gasteiger partial charge >= 0.3 is 0 Å². The highest BCUT2D eigenvalue weighted by molar-refractivity contribution is 5.15. The second-order valence-electron chi connectivity index (χ2n) is 2.91. The van der Waals surface area contributed by atoms with Crippen molar-refractivity contribution in [2.45, 2.75) is 25.7 Å². The Morgan fingerprint density at radius 3 is 1.42 bits per heavy atom. The zero-order chi connectivity index (χ0) is 8.49. The van der Waals surface area contributed by atoms with Crippen molar-refractivity contribution in [2.75, 3.05) is 0 Å². The molecule has 0 nitrogen and oxygen atoms in total. The van der Waals surface area contributed by atoms with E-state index in [9.17, 15) is 0 Å². The van der Waals surface area contributed by atoms with E-state index in [0.29, 0.717) is 0 Å². The first-order valence-electron chi connectivity index (χ1n) is 4.65. The molecule has 1 aliphatic rings. The van der Waals surface area contributed by atoms with Gasteiger partial charge in [-0.3, -0.25) is 0 Å². The van der Waals surface area contributed by atoms with Crippen LogP contribution in [0.25, 0.3) is 0 Å². The van der Waals surface area contributed by atoms with E-state index in [2.05, 4.69) is 48.6 Å². The van der Waals surface area contributed by atoms with Crippen molar-refractivity contribution >= 4 is 0 Å². The molecule has 0 aromatic heterocycles. The van der Waals surface area contributed by atoms with Crippen LogP contribution in [0.1, 0.15) is 25.7 Å². The summed E-state index contributed by atoms with van der Waals surface area (Å²) in [6, 6.07) is 0. The van der Waals surface area contributed by atoms with Crippen LogP contribution in [-0.2, 0) is 0 Å². The van der Waals surface area contributed by atoms with E-state index in [4.69, 9.17) is 0 Å². The van der Waals surface area contributed by atoms with Crippen LogP contribution < -0.4 is 0 Å². The molecule has 0 heteroatoms. The first-order chi connectivity index (χ1) is 6.00. The molecule has 64 valence electrons. The molecule has 0 aromatic rings. The van der Waals surface area contributed by atoms with Gasteiger partial charge in [0.1, 0.15) is 0 Å². The summed E-state index contributed by atoms with van der Waals surface area (Å²) in [5, 5.41) is 0. The third kappa shape index (κ3) is 4.73. The van der Waals surface area contributed by atoms with Crippen molar-refractivity contribution in [3.63, 3.8) is 0 Å². The van der Waals surface area contributed by atoms with E-state index in [-0.39, 0.29) is 0 Å². The van der Waals surface area contributed by atoms with Crippen LogP contribution in [0, 0.1) is 0 Å². The first kappa shape index (κ1) is 9.05. The lowest BCUT2D eigenvalue weighted by atomic mass is 10.1. The largest absolute Gasteiger partial charge is 0.0845 e. The summed E-state index contributed by atoms with van der Waals surface area (Å²) in [6.07, 6.45) is 22.0. The van der Waals surface area contributed by atoms with Gasteiger partial charge in [0.15, 0.2) is 0 Å². The number of hydrogen-bond donors (Lipinski definition) is 0. The monoisotopic (exact) mass is 160 g/mol. The van der Waals surface area contributed by atoms with Crippen molar-refractivity contribution < 1.29 is 0 Å². The molecular formula is C12H16. The second-order valence-corrected chi connectivity index (χ2v) is 2.91. The lowest BCUT2D eigenvalue weighted by molar-refractivity contribution is 0.762. The predicted octanol–water partition coefficient (Wildman–Crippen LogP) is 3.79. The molecule has 1 aliphatic carbocycles. The second kappa shape index (κ2) is 6.66. The number of rotatable bonds is 0.